The van der Waals surface area contributed by atoms with Crippen molar-refractivity contribution in [2.24, 2.45) is 0 Å². The van der Waals surface area contributed by atoms with Gasteiger partial charge in [-0.05, 0) is 18.2 Å². The van der Waals surface area contributed by atoms with E-state index in [0.29, 0.717) is 11.1 Å². The molecular weight excluding hydrogens is 244 g/mol. The minimum Gasteiger partial charge on any atom is -0.384 e. The predicted molar refractivity (Wildman–Crippen MR) is 71.4 cm³/mol. The number of benzene rings is 1. The molecule has 1 aromatic carbocycles. The van der Waals surface area contributed by atoms with Crippen molar-refractivity contribution >= 4 is 11.8 Å². The first kappa shape index (κ1) is 14.7. The van der Waals surface area contributed by atoms with Gasteiger partial charge < -0.3 is 15.3 Å². The lowest BCUT2D eigenvalue weighted by Crippen LogP contribution is -2.36. The van der Waals surface area contributed by atoms with E-state index in [1.807, 2.05) is 0 Å². The highest BCUT2D eigenvalue weighted by molar-refractivity contribution is 5.96. The van der Waals surface area contributed by atoms with Crippen molar-refractivity contribution in [3.63, 3.8) is 0 Å². The van der Waals surface area contributed by atoms with Gasteiger partial charge in [0.25, 0.3) is 5.91 Å². The number of amides is 2. The highest BCUT2D eigenvalue weighted by atomic mass is 16.2. The van der Waals surface area contributed by atoms with Gasteiger partial charge in [0, 0.05) is 25.2 Å². The summed E-state index contributed by atoms with van der Waals surface area (Å²) in [5, 5.41) is 11.1. The van der Waals surface area contributed by atoms with E-state index in [2.05, 4.69) is 17.2 Å². The van der Waals surface area contributed by atoms with Gasteiger partial charge in [-0.3, -0.25) is 9.59 Å². The molecule has 2 amide bonds. The third-order valence-corrected chi connectivity index (χ3v) is 2.34. The van der Waals surface area contributed by atoms with Crippen LogP contribution in [0.4, 0.5) is 0 Å². The first-order chi connectivity index (χ1) is 9.04. The summed E-state index contributed by atoms with van der Waals surface area (Å²) in [5.41, 5.74) is 1.07. The van der Waals surface area contributed by atoms with Gasteiger partial charge >= 0.3 is 0 Å². The lowest BCUT2D eigenvalue weighted by molar-refractivity contribution is -0.127. The molecular formula is C14H16N2O3. The molecule has 0 aliphatic heterocycles. The van der Waals surface area contributed by atoms with Crippen molar-refractivity contribution in [3.8, 4) is 11.8 Å². The lowest BCUT2D eigenvalue weighted by atomic mass is 10.1. The second-order valence-corrected chi connectivity index (χ2v) is 4.01. The number of aliphatic hydroxyl groups is 1. The van der Waals surface area contributed by atoms with E-state index in [1.165, 1.54) is 4.90 Å². The van der Waals surface area contributed by atoms with E-state index in [1.54, 1.807) is 38.4 Å². The fourth-order valence-electron chi connectivity index (χ4n) is 1.30. The van der Waals surface area contributed by atoms with E-state index in [-0.39, 0.29) is 25.0 Å². The summed E-state index contributed by atoms with van der Waals surface area (Å²) in [7, 11) is 3.25. The predicted octanol–water partition coefficient (Wildman–Crippen LogP) is -0.152. The van der Waals surface area contributed by atoms with Crippen molar-refractivity contribution in [2.75, 3.05) is 27.2 Å². The molecule has 0 spiro atoms. The first-order valence-electron chi connectivity index (χ1n) is 5.72. The summed E-state index contributed by atoms with van der Waals surface area (Å²) in [6, 6.07) is 6.69. The molecule has 5 nitrogen and oxygen atoms in total. The molecule has 0 aliphatic carbocycles. The van der Waals surface area contributed by atoms with Crippen LogP contribution in [0.2, 0.25) is 0 Å². The molecule has 0 aromatic heterocycles. The molecule has 0 saturated carbocycles. The van der Waals surface area contributed by atoms with Crippen LogP contribution < -0.4 is 5.32 Å². The Bertz CT molecular complexity index is 527. The van der Waals surface area contributed by atoms with Crippen LogP contribution in [0.25, 0.3) is 0 Å². The number of hydrogen-bond acceptors (Lipinski definition) is 3. The van der Waals surface area contributed by atoms with E-state index in [9.17, 15) is 9.59 Å². The van der Waals surface area contributed by atoms with Gasteiger partial charge in [-0.2, -0.15) is 0 Å². The monoisotopic (exact) mass is 260 g/mol. The van der Waals surface area contributed by atoms with Gasteiger partial charge in [-0.15, -0.1) is 0 Å². The number of nitrogens with zero attached hydrogens (tertiary/aromatic N) is 1. The molecule has 2 N–H and O–H groups in total. The normalized spacial score (nSPS) is 9.21. The van der Waals surface area contributed by atoms with Crippen LogP contribution in [-0.4, -0.2) is 49.1 Å². The maximum Gasteiger partial charge on any atom is 0.251 e. The summed E-state index contributed by atoms with van der Waals surface area (Å²) >= 11 is 0. The third-order valence-electron chi connectivity index (χ3n) is 2.34. The fourth-order valence-corrected chi connectivity index (χ4v) is 1.30. The van der Waals surface area contributed by atoms with E-state index >= 15 is 0 Å². The van der Waals surface area contributed by atoms with E-state index in [4.69, 9.17) is 5.11 Å². The second kappa shape index (κ2) is 7.19. The Morgan fingerprint density at radius 2 is 2.11 bits per heavy atom. The maximum atomic E-state index is 11.8. The van der Waals surface area contributed by atoms with Crippen molar-refractivity contribution in [1.82, 2.24) is 10.2 Å². The second-order valence-electron chi connectivity index (χ2n) is 4.01. The number of hydrogen-bond donors (Lipinski definition) is 2. The molecule has 0 fully saturated rings. The minimum atomic E-state index is -0.331. The molecule has 1 rings (SSSR count). The van der Waals surface area contributed by atoms with Gasteiger partial charge in [0.05, 0.1) is 6.54 Å². The molecule has 1 aromatic rings. The van der Waals surface area contributed by atoms with Gasteiger partial charge in [-0.25, -0.2) is 0 Å². The topological polar surface area (TPSA) is 69.6 Å². The van der Waals surface area contributed by atoms with Crippen LogP contribution in [0.1, 0.15) is 15.9 Å². The number of likely N-dealkylation sites (N-methyl/N-ethyl adjacent to an activating group) is 1. The van der Waals surface area contributed by atoms with Gasteiger partial charge in [0.2, 0.25) is 5.91 Å². The van der Waals surface area contributed by atoms with Gasteiger partial charge in [0.15, 0.2) is 0 Å². The zero-order valence-corrected chi connectivity index (χ0v) is 10.9. The molecule has 0 unspecified atom stereocenters. The summed E-state index contributed by atoms with van der Waals surface area (Å²) < 4.78 is 0. The average Bonchev–Trinajstić information content (AvgIpc) is 2.42. The molecule has 19 heavy (non-hydrogen) atoms. The zero-order valence-electron chi connectivity index (χ0n) is 10.9. The Morgan fingerprint density at radius 3 is 2.74 bits per heavy atom. The number of aliphatic hydroxyl groups excluding tert-OH is 1. The lowest BCUT2D eigenvalue weighted by Gasteiger charge is -2.10. The smallest absolute Gasteiger partial charge is 0.251 e. The maximum absolute atomic E-state index is 11.8. The molecule has 0 heterocycles. The third kappa shape index (κ3) is 4.82. The molecule has 5 heteroatoms. The van der Waals surface area contributed by atoms with E-state index in [0.717, 1.165) is 0 Å². The molecule has 0 aliphatic rings. The Balaban J connectivity index is 2.69. The van der Waals surface area contributed by atoms with Crippen LogP contribution in [0.3, 0.4) is 0 Å². The highest BCUT2D eigenvalue weighted by Crippen LogP contribution is 2.04. The largest absolute Gasteiger partial charge is 0.384 e. The zero-order chi connectivity index (χ0) is 14.3. The Labute approximate surface area is 112 Å². The van der Waals surface area contributed by atoms with Crippen molar-refractivity contribution in [3.05, 3.63) is 35.4 Å². The highest BCUT2D eigenvalue weighted by Gasteiger charge is 2.09. The standard InChI is InChI=1S/C14H16N2O3/c1-16(2)13(18)10-15-14(19)12-7-3-5-11(9-12)6-4-8-17/h3,5,7,9,17H,8,10H2,1-2H3,(H,15,19). The van der Waals surface area contributed by atoms with Crippen LogP contribution in [-0.2, 0) is 4.79 Å². The SMILES string of the molecule is CN(C)C(=O)CNC(=O)c1cccc(C#CCO)c1. The fraction of sp³-hybridized carbons (Fsp3) is 0.286. The van der Waals surface area contributed by atoms with Crippen molar-refractivity contribution in [1.29, 1.82) is 0 Å². The Hall–Kier alpha value is -2.32. The van der Waals surface area contributed by atoms with Gasteiger partial charge in [0.1, 0.15) is 6.61 Å². The molecule has 0 saturated heterocycles. The molecule has 100 valence electrons. The first-order valence-corrected chi connectivity index (χ1v) is 5.72. The van der Waals surface area contributed by atoms with Crippen LogP contribution in [0, 0.1) is 11.8 Å². The minimum absolute atomic E-state index is 0.0433. The average molecular weight is 260 g/mol. The number of carbonyl (C=O) groups excluding carboxylic acids is 2. The molecule has 0 bridgehead atoms. The van der Waals surface area contributed by atoms with Crippen LogP contribution in [0.5, 0.6) is 0 Å². The Kier molecular flexibility index (Phi) is 5.58. The van der Waals surface area contributed by atoms with Crippen LogP contribution in [0.15, 0.2) is 24.3 Å². The van der Waals surface area contributed by atoms with Crippen molar-refractivity contribution in [2.45, 2.75) is 0 Å². The summed E-state index contributed by atoms with van der Waals surface area (Å²) in [4.78, 5) is 24.6. The number of rotatable bonds is 3. The number of carbonyl (C=O) groups is 2. The summed E-state index contributed by atoms with van der Waals surface area (Å²) in [6.07, 6.45) is 0. The number of nitrogens with one attached hydrogen (secondary N) is 1. The van der Waals surface area contributed by atoms with Crippen LogP contribution >= 0.6 is 0 Å². The molecule has 0 atom stereocenters. The van der Waals surface area contributed by atoms with E-state index < -0.39 is 0 Å². The summed E-state index contributed by atoms with van der Waals surface area (Å²) in [6.45, 7) is -0.272. The van der Waals surface area contributed by atoms with Gasteiger partial charge in [-0.1, -0.05) is 17.9 Å². The quantitative estimate of drug-likeness (QED) is 0.742. The Morgan fingerprint density at radius 1 is 1.37 bits per heavy atom. The summed E-state index contributed by atoms with van der Waals surface area (Å²) in [5.74, 6) is 4.72. The van der Waals surface area contributed by atoms with Crippen molar-refractivity contribution < 1.29 is 14.7 Å². The molecule has 0 radical (unpaired) electrons.